The molecule has 1 fully saturated rings. The fraction of sp³-hybridized carbons (Fsp3) is 0.632. The lowest BCUT2D eigenvalue weighted by Gasteiger charge is -2.49. The van der Waals surface area contributed by atoms with Crippen LogP contribution in [0.1, 0.15) is 25.0 Å². The first-order valence-corrected chi connectivity index (χ1v) is 9.57. The number of nitrogens with zero attached hydrogens (tertiary/aromatic N) is 2. The maximum Gasteiger partial charge on any atom is 0.242 e. The van der Waals surface area contributed by atoms with Gasteiger partial charge in [0, 0.05) is 35.0 Å². The van der Waals surface area contributed by atoms with Crippen LogP contribution in [-0.4, -0.2) is 65.8 Å². The number of aliphatic hydroxyl groups is 2. The number of aryl methyl sites for hydroxylation is 1. The molecule has 1 amide bonds. The molecule has 0 bridgehead atoms. The minimum atomic E-state index is -1.36. The summed E-state index contributed by atoms with van der Waals surface area (Å²) in [6.45, 7) is 5.79. The van der Waals surface area contributed by atoms with Gasteiger partial charge in [0.25, 0.3) is 0 Å². The molecule has 1 saturated heterocycles. The van der Waals surface area contributed by atoms with Gasteiger partial charge in [0.1, 0.15) is 17.5 Å². The Bertz CT molecular complexity index is 648. The van der Waals surface area contributed by atoms with Gasteiger partial charge >= 0.3 is 0 Å². The highest BCUT2D eigenvalue weighted by Crippen LogP contribution is 2.44. The Kier molecular flexibility index (Phi) is 6.48. The molecule has 0 radical (unpaired) electrons. The first-order valence-electron chi connectivity index (χ1n) is 8.78. The van der Waals surface area contributed by atoms with Crippen LogP contribution in [0.4, 0.5) is 4.39 Å². The van der Waals surface area contributed by atoms with E-state index in [2.05, 4.69) is 15.9 Å². The normalized spacial score (nSPS) is 27.7. The second kappa shape index (κ2) is 7.92. The molecule has 0 spiro atoms. The number of hydrogen-bond donors (Lipinski definition) is 2. The summed E-state index contributed by atoms with van der Waals surface area (Å²) in [5.41, 5.74) is -0.378. The van der Waals surface area contributed by atoms with Crippen molar-refractivity contribution in [1.29, 1.82) is 0 Å². The number of hydrogen-bond acceptors (Lipinski definition) is 4. The van der Waals surface area contributed by atoms with Crippen LogP contribution in [0.5, 0.6) is 0 Å². The van der Waals surface area contributed by atoms with Gasteiger partial charge in [-0.3, -0.25) is 9.69 Å². The Morgan fingerprint density at radius 2 is 1.92 bits per heavy atom. The van der Waals surface area contributed by atoms with E-state index in [1.165, 1.54) is 6.07 Å². The van der Waals surface area contributed by atoms with Crippen LogP contribution in [0.25, 0.3) is 0 Å². The van der Waals surface area contributed by atoms with Crippen LogP contribution < -0.4 is 0 Å². The number of amides is 1. The van der Waals surface area contributed by atoms with E-state index < -0.39 is 17.5 Å². The van der Waals surface area contributed by atoms with E-state index in [-0.39, 0.29) is 24.3 Å². The number of carbonyl (C=O) groups excluding carboxylic acids is 1. The van der Waals surface area contributed by atoms with Crippen LogP contribution in [0.2, 0.25) is 0 Å². The van der Waals surface area contributed by atoms with Gasteiger partial charge in [0.2, 0.25) is 5.91 Å². The van der Waals surface area contributed by atoms with E-state index in [4.69, 9.17) is 0 Å². The molecule has 1 unspecified atom stereocenters. The predicted octanol–water partition coefficient (Wildman–Crippen LogP) is 2.12. The summed E-state index contributed by atoms with van der Waals surface area (Å²) in [7, 11) is 3.49. The van der Waals surface area contributed by atoms with Crippen molar-refractivity contribution in [1.82, 2.24) is 9.80 Å². The van der Waals surface area contributed by atoms with Crippen molar-refractivity contribution in [3.8, 4) is 0 Å². The molecular weight excluding hydrogens is 403 g/mol. The van der Waals surface area contributed by atoms with Gasteiger partial charge in [-0.1, -0.05) is 29.8 Å². The van der Waals surface area contributed by atoms with E-state index in [0.717, 1.165) is 0 Å². The summed E-state index contributed by atoms with van der Waals surface area (Å²) in [5.74, 6) is -1.33. The van der Waals surface area contributed by atoms with Crippen LogP contribution >= 0.6 is 15.9 Å². The average Bonchev–Trinajstić information content (AvgIpc) is 2.51. The van der Waals surface area contributed by atoms with Gasteiger partial charge in [0.15, 0.2) is 0 Å². The number of likely N-dealkylation sites (N-methyl/N-ethyl adjacent to an activating group) is 1. The lowest BCUT2D eigenvalue weighted by Crippen LogP contribution is -2.59. The zero-order valence-corrected chi connectivity index (χ0v) is 17.5. The zero-order valence-electron chi connectivity index (χ0n) is 16.0. The zero-order chi connectivity index (χ0) is 19.8. The summed E-state index contributed by atoms with van der Waals surface area (Å²) in [4.78, 5) is 16.1. The number of benzene rings is 1. The van der Waals surface area contributed by atoms with Crippen molar-refractivity contribution in [3.05, 3.63) is 33.5 Å². The molecule has 1 aromatic rings. The fourth-order valence-corrected chi connectivity index (χ4v) is 4.60. The number of carbonyl (C=O) groups is 1. The van der Waals surface area contributed by atoms with Gasteiger partial charge in [-0.05, 0) is 38.7 Å². The SMILES string of the molecule is Cc1cc(Br)cc(F)c1C1(O)[C@H](C)CN(C(=O)[C@H](CO)N(C)C)C[C@@H]1C. The number of aliphatic hydroxyl groups excluding tert-OH is 1. The molecule has 1 heterocycles. The Hall–Kier alpha value is -1.02. The minimum Gasteiger partial charge on any atom is -0.394 e. The first kappa shape index (κ1) is 21.3. The molecular formula is C19H28BrFN2O3. The molecule has 26 heavy (non-hydrogen) atoms. The maximum absolute atomic E-state index is 14.7. The Balaban J connectivity index is 2.35. The molecule has 1 aliphatic heterocycles. The molecule has 0 aromatic heterocycles. The number of rotatable bonds is 4. The highest BCUT2D eigenvalue weighted by molar-refractivity contribution is 9.10. The Labute approximate surface area is 162 Å². The number of likely N-dealkylation sites (tertiary alicyclic amines) is 1. The van der Waals surface area contributed by atoms with Gasteiger partial charge in [-0.15, -0.1) is 0 Å². The van der Waals surface area contributed by atoms with Crippen LogP contribution in [0.15, 0.2) is 16.6 Å². The molecule has 1 aliphatic rings. The lowest BCUT2D eigenvalue weighted by atomic mass is 9.69. The fourth-order valence-electron chi connectivity index (χ4n) is 4.05. The van der Waals surface area contributed by atoms with Gasteiger partial charge in [0.05, 0.1) is 6.61 Å². The highest BCUT2D eigenvalue weighted by atomic mass is 79.9. The van der Waals surface area contributed by atoms with Crippen molar-refractivity contribution in [2.45, 2.75) is 32.4 Å². The average molecular weight is 431 g/mol. The minimum absolute atomic E-state index is 0.175. The first-order chi connectivity index (χ1) is 12.0. The van der Waals surface area contributed by atoms with Gasteiger partial charge in [-0.2, -0.15) is 0 Å². The predicted molar refractivity (Wildman–Crippen MR) is 102 cm³/mol. The summed E-state index contributed by atoms with van der Waals surface area (Å²) in [5, 5.41) is 21.0. The van der Waals surface area contributed by atoms with Gasteiger partial charge in [-0.25, -0.2) is 4.39 Å². The summed E-state index contributed by atoms with van der Waals surface area (Å²) >= 11 is 3.28. The molecule has 5 nitrogen and oxygen atoms in total. The van der Waals surface area contributed by atoms with Crippen LogP contribution in [0, 0.1) is 24.6 Å². The lowest BCUT2D eigenvalue weighted by molar-refractivity contribution is -0.154. The molecule has 0 aliphatic carbocycles. The maximum atomic E-state index is 14.7. The molecule has 7 heteroatoms. The third kappa shape index (κ3) is 3.67. The van der Waals surface area contributed by atoms with E-state index in [1.54, 1.807) is 36.9 Å². The molecule has 0 saturated carbocycles. The largest absolute Gasteiger partial charge is 0.394 e. The van der Waals surface area contributed by atoms with Crippen molar-refractivity contribution in [2.24, 2.45) is 11.8 Å². The topological polar surface area (TPSA) is 64.0 Å². The van der Waals surface area contributed by atoms with Crippen molar-refractivity contribution in [2.75, 3.05) is 33.8 Å². The highest BCUT2D eigenvalue weighted by Gasteiger charge is 2.49. The second-order valence-electron chi connectivity index (χ2n) is 7.61. The van der Waals surface area contributed by atoms with Crippen LogP contribution in [-0.2, 0) is 10.4 Å². The summed E-state index contributed by atoms with van der Waals surface area (Å²) < 4.78 is 15.4. The third-order valence-corrected chi connectivity index (χ3v) is 5.99. The monoisotopic (exact) mass is 430 g/mol. The molecule has 4 atom stereocenters. The Morgan fingerprint density at radius 1 is 1.38 bits per heavy atom. The van der Waals surface area contributed by atoms with Crippen molar-refractivity contribution < 1.29 is 19.4 Å². The van der Waals surface area contributed by atoms with E-state index in [9.17, 15) is 19.4 Å². The van der Waals surface area contributed by atoms with Crippen LogP contribution in [0.3, 0.4) is 0 Å². The molecule has 2 N–H and O–H groups in total. The number of halogens is 2. The third-order valence-electron chi connectivity index (χ3n) is 5.54. The molecule has 2 rings (SSSR count). The van der Waals surface area contributed by atoms with E-state index in [0.29, 0.717) is 28.7 Å². The molecule has 146 valence electrons. The van der Waals surface area contributed by atoms with E-state index in [1.807, 2.05) is 13.8 Å². The summed E-state index contributed by atoms with van der Waals surface area (Å²) in [6.07, 6.45) is 0. The van der Waals surface area contributed by atoms with Crippen molar-refractivity contribution in [3.63, 3.8) is 0 Å². The quantitative estimate of drug-likeness (QED) is 0.767. The molecule has 1 aromatic carbocycles. The summed E-state index contributed by atoms with van der Waals surface area (Å²) in [6, 6.07) is 2.54. The Morgan fingerprint density at radius 3 is 2.35 bits per heavy atom. The number of piperidine rings is 1. The second-order valence-corrected chi connectivity index (χ2v) is 8.53. The van der Waals surface area contributed by atoms with Gasteiger partial charge < -0.3 is 15.1 Å². The smallest absolute Gasteiger partial charge is 0.242 e. The van der Waals surface area contributed by atoms with E-state index >= 15 is 0 Å². The standard InChI is InChI=1S/C19H28BrFN2O3/c1-11-6-14(20)7-15(21)17(11)19(26)12(2)8-23(9-13(19)3)18(25)16(10-24)22(4)5/h6-7,12-13,16,24,26H,8-10H2,1-5H3/t12-,13+,16-,19?/m0/s1. The van der Waals surface area contributed by atoms with Crippen molar-refractivity contribution >= 4 is 21.8 Å².